The van der Waals surface area contributed by atoms with Gasteiger partial charge in [-0.1, -0.05) is 11.2 Å². The molecule has 0 bridgehead atoms. The van der Waals surface area contributed by atoms with Gasteiger partial charge in [0.15, 0.2) is 5.82 Å². The highest BCUT2D eigenvalue weighted by Crippen LogP contribution is 2.39. The van der Waals surface area contributed by atoms with Crippen LogP contribution in [0.1, 0.15) is 53.9 Å². The molecular weight excluding hydrogens is 278 g/mol. The summed E-state index contributed by atoms with van der Waals surface area (Å²) in [5.74, 6) is 2.04. The van der Waals surface area contributed by atoms with Crippen molar-refractivity contribution in [3.8, 4) is 0 Å². The molecule has 1 amide bonds. The van der Waals surface area contributed by atoms with Crippen molar-refractivity contribution in [1.82, 2.24) is 10.1 Å². The van der Waals surface area contributed by atoms with E-state index in [1.807, 2.05) is 4.90 Å². The number of carbonyl (C=O) groups is 1. The smallest absolute Gasteiger partial charge is 0.232 e. The number of hydrogen-bond donors (Lipinski definition) is 0. The topological polar surface area (TPSA) is 59.2 Å². The van der Waals surface area contributed by atoms with Gasteiger partial charge in [0.25, 0.3) is 0 Å². The van der Waals surface area contributed by atoms with Crippen LogP contribution in [0.15, 0.2) is 22.7 Å². The third kappa shape index (κ3) is 2.40. The molecule has 0 radical (unpaired) electrons. The number of nitrogens with zero attached hydrogens (tertiary/aromatic N) is 3. The molecule has 1 unspecified atom stereocenters. The lowest BCUT2D eigenvalue weighted by Crippen LogP contribution is -2.24. The van der Waals surface area contributed by atoms with Gasteiger partial charge in [-0.3, -0.25) is 4.79 Å². The number of rotatable bonds is 3. The average Bonchev–Trinajstić information content (AvgIpc) is 3.06. The Morgan fingerprint density at radius 3 is 2.55 bits per heavy atom. The largest absolute Gasteiger partial charge is 0.339 e. The number of aryl methyl sites for hydroxylation is 2. The van der Waals surface area contributed by atoms with Crippen LogP contribution < -0.4 is 4.90 Å². The normalized spacial score (nSPS) is 21.6. The molecule has 2 aliphatic rings. The zero-order chi connectivity index (χ0) is 15.3. The van der Waals surface area contributed by atoms with Gasteiger partial charge in [-0.15, -0.1) is 0 Å². The maximum absolute atomic E-state index is 12.4. The van der Waals surface area contributed by atoms with Crippen molar-refractivity contribution in [2.75, 3.05) is 11.4 Å². The van der Waals surface area contributed by atoms with Gasteiger partial charge in [-0.2, -0.15) is 4.98 Å². The van der Waals surface area contributed by atoms with Crippen LogP contribution in [0.25, 0.3) is 0 Å². The van der Waals surface area contributed by atoms with Gasteiger partial charge < -0.3 is 9.42 Å². The molecule has 1 atom stereocenters. The minimum Gasteiger partial charge on any atom is -0.339 e. The Morgan fingerprint density at radius 2 is 1.86 bits per heavy atom. The first-order chi connectivity index (χ1) is 10.6. The zero-order valence-corrected chi connectivity index (χ0v) is 12.9. The summed E-state index contributed by atoms with van der Waals surface area (Å²) >= 11 is 0. The molecule has 5 nitrogen and oxygen atoms in total. The van der Waals surface area contributed by atoms with E-state index in [2.05, 4.69) is 42.2 Å². The van der Waals surface area contributed by atoms with Crippen molar-refractivity contribution < 1.29 is 9.32 Å². The van der Waals surface area contributed by atoms with Crippen LogP contribution in [0.4, 0.5) is 5.69 Å². The lowest BCUT2D eigenvalue weighted by molar-refractivity contribution is -0.117. The Bertz CT molecular complexity index is 713. The van der Waals surface area contributed by atoms with E-state index in [0.717, 1.165) is 24.4 Å². The van der Waals surface area contributed by atoms with Crippen molar-refractivity contribution in [2.45, 2.75) is 44.9 Å². The second-order valence-electron chi connectivity index (χ2n) is 6.52. The monoisotopic (exact) mass is 297 g/mol. The highest BCUT2D eigenvalue weighted by Gasteiger charge is 2.36. The highest BCUT2D eigenvalue weighted by molar-refractivity contribution is 5.96. The van der Waals surface area contributed by atoms with Gasteiger partial charge in [-0.05, 0) is 49.9 Å². The van der Waals surface area contributed by atoms with Crippen LogP contribution in [0.3, 0.4) is 0 Å². The van der Waals surface area contributed by atoms with E-state index in [9.17, 15) is 4.79 Å². The number of hydrogen-bond acceptors (Lipinski definition) is 4. The molecule has 0 spiro atoms. The lowest BCUT2D eigenvalue weighted by atomic mass is 10.1. The van der Waals surface area contributed by atoms with Gasteiger partial charge in [0, 0.05) is 24.6 Å². The molecule has 4 rings (SSSR count). The quantitative estimate of drug-likeness (QED) is 0.873. The number of aromatic nitrogens is 2. The van der Waals surface area contributed by atoms with Gasteiger partial charge in [0.05, 0.1) is 5.92 Å². The van der Waals surface area contributed by atoms with E-state index in [-0.39, 0.29) is 11.8 Å². The van der Waals surface area contributed by atoms with Gasteiger partial charge in [-0.25, -0.2) is 0 Å². The molecule has 1 saturated carbocycles. The van der Waals surface area contributed by atoms with Crippen LogP contribution in [0.2, 0.25) is 0 Å². The highest BCUT2D eigenvalue weighted by atomic mass is 16.5. The van der Waals surface area contributed by atoms with E-state index in [0.29, 0.717) is 24.8 Å². The van der Waals surface area contributed by atoms with Gasteiger partial charge >= 0.3 is 0 Å². The molecule has 22 heavy (non-hydrogen) atoms. The Balaban J connectivity index is 1.57. The maximum Gasteiger partial charge on any atom is 0.232 e. The molecule has 2 heterocycles. The SMILES string of the molecule is Cc1cc(C)cc(N2CC(c3nc(C4CC4)no3)CC2=O)c1. The fraction of sp³-hybridized carbons (Fsp3) is 0.471. The summed E-state index contributed by atoms with van der Waals surface area (Å²) < 4.78 is 5.39. The minimum absolute atomic E-state index is 0.00770. The number of benzene rings is 1. The van der Waals surface area contributed by atoms with Gasteiger partial charge in [0.2, 0.25) is 11.8 Å². The van der Waals surface area contributed by atoms with E-state index < -0.39 is 0 Å². The third-order valence-corrected chi connectivity index (χ3v) is 4.39. The third-order valence-electron chi connectivity index (χ3n) is 4.39. The molecule has 1 saturated heterocycles. The first-order valence-corrected chi connectivity index (χ1v) is 7.82. The van der Waals surface area contributed by atoms with E-state index in [1.54, 1.807) is 0 Å². The molecule has 1 aromatic carbocycles. The second kappa shape index (κ2) is 4.93. The van der Waals surface area contributed by atoms with Crippen molar-refractivity contribution in [2.24, 2.45) is 0 Å². The molecule has 1 aromatic heterocycles. The average molecular weight is 297 g/mol. The Morgan fingerprint density at radius 1 is 1.14 bits per heavy atom. The fourth-order valence-electron chi connectivity index (χ4n) is 3.15. The number of anilines is 1. The maximum atomic E-state index is 12.4. The van der Waals surface area contributed by atoms with E-state index in [4.69, 9.17) is 4.52 Å². The molecule has 2 aromatic rings. The molecule has 2 fully saturated rings. The predicted octanol–water partition coefficient (Wildman–Crippen LogP) is 3.08. The first-order valence-electron chi connectivity index (χ1n) is 7.82. The number of carbonyl (C=O) groups excluding carboxylic acids is 1. The van der Waals surface area contributed by atoms with Crippen LogP contribution in [0.5, 0.6) is 0 Å². The van der Waals surface area contributed by atoms with Crippen LogP contribution in [0, 0.1) is 13.8 Å². The van der Waals surface area contributed by atoms with E-state index >= 15 is 0 Å². The summed E-state index contributed by atoms with van der Waals surface area (Å²) in [4.78, 5) is 18.7. The lowest BCUT2D eigenvalue weighted by Gasteiger charge is -2.17. The summed E-state index contributed by atoms with van der Waals surface area (Å²) in [5.41, 5.74) is 3.30. The summed E-state index contributed by atoms with van der Waals surface area (Å²) in [6.45, 7) is 4.72. The summed E-state index contributed by atoms with van der Waals surface area (Å²) in [7, 11) is 0. The Labute approximate surface area is 129 Å². The molecule has 1 aliphatic carbocycles. The molecular formula is C17H19N3O2. The zero-order valence-electron chi connectivity index (χ0n) is 12.9. The van der Waals surface area contributed by atoms with Crippen molar-refractivity contribution in [1.29, 1.82) is 0 Å². The fourth-order valence-corrected chi connectivity index (χ4v) is 3.15. The molecule has 5 heteroatoms. The minimum atomic E-state index is 0.00770. The molecule has 0 N–H and O–H groups in total. The Kier molecular flexibility index (Phi) is 3.03. The summed E-state index contributed by atoms with van der Waals surface area (Å²) in [5, 5.41) is 4.06. The van der Waals surface area contributed by atoms with Gasteiger partial charge in [0.1, 0.15) is 0 Å². The van der Waals surface area contributed by atoms with Crippen molar-refractivity contribution in [3.63, 3.8) is 0 Å². The van der Waals surface area contributed by atoms with Crippen molar-refractivity contribution in [3.05, 3.63) is 41.0 Å². The second-order valence-corrected chi connectivity index (χ2v) is 6.52. The standard InChI is InChI=1S/C17H19N3O2/c1-10-5-11(2)7-14(6-10)20-9-13(8-15(20)21)17-18-16(19-22-17)12-3-4-12/h5-7,12-13H,3-4,8-9H2,1-2H3. The molecule has 1 aliphatic heterocycles. The summed E-state index contributed by atoms with van der Waals surface area (Å²) in [6.07, 6.45) is 2.74. The van der Waals surface area contributed by atoms with Crippen LogP contribution >= 0.6 is 0 Å². The number of amides is 1. The van der Waals surface area contributed by atoms with E-state index in [1.165, 1.54) is 11.1 Å². The first kappa shape index (κ1) is 13.5. The van der Waals surface area contributed by atoms with Crippen LogP contribution in [-0.2, 0) is 4.79 Å². The Hall–Kier alpha value is -2.17. The van der Waals surface area contributed by atoms with Crippen molar-refractivity contribution >= 4 is 11.6 Å². The predicted molar refractivity (Wildman–Crippen MR) is 81.9 cm³/mol. The summed E-state index contributed by atoms with van der Waals surface area (Å²) in [6, 6.07) is 6.22. The molecule has 114 valence electrons. The van der Waals surface area contributed by atoms with Crippen LogP contribution in [-0.4, -0.2) is 22.6 Å².